The number of nitrogens with one attached hydrogen (secondary N) is 1. The van der Waals surface area contributed by atoms with E-state index in [2.05, 4.69) is 10.5 Å². The normalized spacial score (nSPS) is 15.5. The Kier molecular flexibility index (Phi) is 4.90. The van der Waals surface area contributed by atoms with Crippen LogP contribution in [0.1, 0.15) is 23.8 Å². The lowest BCUT2D eigenvalue weighted by Gasteiger charge is -2.07. The van der Waals surface area contributed by atoms with E-state index in [1.54, 1.807) is 25.3 Å². The minimum absolute atomic E-state index is 0.0696. The lowest BCUT2D eigenvalue weighted by Crippen LogP contribution is -2.08. The van der Waals surface area contributed by atoms with E-state index in [9.17, 15) is 10.1 Å². The molecule has 0 saturated heterocycles. The molecule has 148 valence electrons. The molecule has 0 saturated carbocycles. The summed E-state index contributed by atoms with van der Waals surface area (Å²) >= 11 is 0. The Balaban J connectivity index is 1.54. The maximum atomic E-state index is 11.4. The highest BCUT2D eigenvalue weighted by Gasteiger charge is 2.26. The Morgan fingerprint density at radius 2 is 1.79 bits per heavy atom. The van der Waals surface area contributed by atoms with Crippen LogP contribution in [0.2, 0.25) is 0 Å². The Morgan fingerprint density at radius 3 is 2.48 bits per heavy atom. The lowest BCUT2D eigenvalue weighted by molar-refractivity contribution is -0.384. The van der Waals surface area contributed by atoms with Crippen molar-refractivity contribution >= 4 is 11.4 Å². The molecular weight excluding hydrogens is 374 g/mol. The summed E-state index contributed by atoms with van der Waals surface area (Å²) in [6.07, 6.45) is 0.643. The number of nitro benzene ring substituents is 1. The van der Waals surface area contributed by atoms with Gasteiger partial charge in [0, 0.05) is 6.42 Å². The van der Waals surface area contributed by atoms with Gasteiger partial charge in [-0.25, -0.2) is 0 Å². The highest BCUT2D eigenvalue weighted by molar-refractivity contribution is 6.01. The molecule has 0 bridgehead atoms. The Morgan fingerprint density at radius 1 is 1.07 bits per heavy atom. The van der Waals surface area contributed by atoms with Crippen molar-refractivity contribution in [3.05, 3.63) is 76.0 Å². The van der Waals surface area contributed by atoms with E-state index in [1.807, 2.05) is 30.3 Å². The summed E-state index contributed by atoms with van der Waals surface area (Å²) in [6.45, 7) is 0. The summed E-state index contributed by atoms with van der Waals surface area (Å²) < 4.78 is 16.2. The number of benzene rings is 2. The summed E-state index contributed by atoms with van der Waals surface area (Å²) in [4.78, 5) is 11.0. The zero-order valence-corrected chi connectivity index (χ0v) is 15.9. The van der Waals surface area contributed by atoms with Gasteiger partial charge in [-0.1, -0.05) is 0 Å². The largest absolute Gasteiger partial charge is 0.497 e. The van der Waals surface area contributed by atoms with Crippen molar-refractivity contribution < 1.29 is 18.8 Å². The van der Waals surface area contributed by atoms with Crippen LogP contribution < -0.4 is 14.9 Å². The first-order valence-corrected chi connectivity index (χ1v) is 8.98. The Hall–Kier alpha value is -3.81. The second kappa shape index (κ2) is 7.67. The number of nitro groups is 1. The highest BCUT2D eigenvalue weighted by atomic mass is 16.6. The molecule has 1 N–H and O–H groups in total. The summed E-state index contributed by atoms with van der Waals surface area (Å²) in [5, 5.41) is 15.9. The van der Waals surface area contributed by atoms with Crippen LogP contribution in [0.15, 0.2) is 64.1 Å². The first-order valence-electron chi connectivity index (χ1n) is 8.98. The number of nitrogens with zero attached hydrogens (tertiary/aromatic N) is 2. The van der Waals surface area contributed by atoms with Crippen molar-refractivity contribution in [2.75, 3.05) is 14.2 Å². The molecule has 1 aromatic heterocycles. The van der Waals surface area contributed by atoms with E-state index in [1.165, 1.54) is 13.2 Å². The summed E-state index contributed by atoms with van der Waals surface area (Å²) in [5.41, 5.74) is 5.32. The predicted octanol–water partition coefficient (Wildman–Crippen LogP) is 4.31. The molecule has 2 heterocycles. The average molecular weight is 393 g/mol. The third-order valence-corrected chi connectivity index (χ3v) is 4.81. The van der Waals surface area contributed by atoms with Crippen LogP contribution in [0.3, 0.4) is 0 Å². The first kappa shape index (κ1) is 18.5. The number of ether oxygens (including phenoxy) is 2. The second-order valence-corrected chi connectivity index (χ2v) is 6.52. The number of rotatable bonds is 6. The molecule has 8 nitrogen and oxygen atoms in total. The van der Waals surface area contributed by atoms with Crippen LogP contribution in [0.25, 0.3) is 11.3 Å². The summed E-state index contributed by atoms with van der Waals surface area (Å²) in [6, 6.07) is 15.8. The smallest absolute Gasteiger partial charge is 0.284 e. The quantitative estimate of drug-likeness (QED) is 0.495. The van der Waals surface area contributed by atoms with Gasteiger partial charge in [-0.3, -0.25) is 15.5 Å². The number of hydrogen-bond acceptors (Lipinski definition) is 7. The van der Waals surface area contributed by atoms with Gasteiger partial charge in [-0.2, -0.15) is 5.10 Å². The lowest BCUT2D eigenvalue weighted by atomic mass is 10.0. The number of methoxy groups -OCH3 is 2. The van der Waals surface area contributed by atoms with Crippen LogP contribution in [0.4, 0.5) is 5.69 Å². The van der Waals surface area contributed by atoms with Gasteiger partial charge in [0.1, 0.15) is 29.1 Å². The fraction of sp³-hybridized carbons (Fsp3) is 0.190. The fourth-order valence-electron chi connectivity index (χ4n) is 3.25. The van der Waals surface area contributed by atoms with Crippen LogP contribution in [0.5, 0.6) is 11.5 Å². The molecule has 8 heteroatoms. The van der Waals surface area contributed by atoms with Gasteiger partial charge in [-0.05, 0) is 54.1 Å². The average Bonchev–Trinajstić information content (AvgIpc) is 3.43. The molecule has 0 amide bonds. The third kappa shape index (κ3) is 3.64. The van der Waals surface area contributed by atoms with Crippen molar-refractivity contribution in [1.29, 1.82) is 0 Å². The second-order valence-electron chi connectivity index (χ2n) is 6.52. The van der Waals surface area contributed by atoms with Gasteiger partial charge in [0.15, 0.2) is 0 Å². The van der Waals surface area contributed by atoms with E-state index in [-0.39, 0.29) is 11.7 Å². The van der Waals surface area contributed by atoms with Crippen LogP contribution >= 0.6 is 0 Å². The zero-order chi connectivity index (χ0) is 20.4. The third-order valence-electron chi connectivity index (χ3n) is 4.81. The maximum Gasteiger partial charge on any atom is 0.284 e. The molecule has 2 aromatic carbocycles. The molecule has 3 aromatic rings. The van der Waals surface area contributed by atoms with Gasteiger partial charge in [0.25, 0.3) is 5.69 Å². The number of furan rings is 1. The minimum Gasteiger partial charge on any atom is -0.497 e. The SMILES string of the molecule is COc1ccc(C2=NNC(c3ccc(-c4ccc(OC)cc4[N+](=O)[O-])o3)C2)cc1. The van der Waals surface area contributed by atoms with E-state index >= 15 is 0 Å². The van der Waals surface area contributed by atoms with Crippen molar-refractivity contribution in [1.82, 2.24) is 5.43 Å². The molecule has 0 radical (unpaired) electrons. The molecule has 4 rings (SSSR count). The van der Waals surface area contributed by atoms with Crippen LogP contribution in [0, 0.1) is 10.1 Å². The molecular formula is C21H19N3O5. The molecule has 1 aliphatic rings. The summed E-state index contributed by atoms with van der Waals surface area (Å²) in [7, 11) is 3.09. The number of hydrazone groups is 1. The summed E-state index contributed by atoms with van der Waals surface area (Å²) in [5.74, 6) is 2.29. The van der Waals surface area contributed by atoms with Crippen LogP contribution in [-0.4, -0.2) is 24.9 Å². The predicted molar refractivity (Wildman–Crippen MR) is 107 cm³/mol. The molecule has 0 spiro atoms. The van der Waals surface area contributed by atoms with Crippen LogP contribution in [-0.2, 0) is 0 Å². The van der Waals surface area contributed by atoms with Gasteiger partial charge in [0.05, 0.1) is 36.5 Å². The van der Waals surface area contributed by atoms with E-state index < -0.39 is 4.92 Å². The van der Waals surface area contributed by atoms with E-state index in [0.717, 1.165) is 17.0 Å². The van der Waals surface area contributed by atoms with Gasteiger partial charge in [-0.15, -0.1) is 0 Å². The Bertz CT molecular complexity index is 1070. The van der Waals surface area contributed by atoms with Gasteiger partial charge < -0.3 is 13.9 Å². The van der Waals surface area contributed by atoms with E-state index in [0.29, 0.717) is 29.3 Å². The minimum atomic E-state index is -0.446. The molecule has 29 heavy (non-hydrogen) atoms. The van der Waals surface area contributed by atoms with Gasteiger partial charge in [0.2, 0.25) is 0 Å². The van der Waals surface area contributed by atoms with Crippen molar-refractivity contribution in [2.45, 2.75) is 12.5 Å². The molecule has 1 atom stereocenters. The first-order chi connectivity index (χ1) is 14.1. The molecule has 0 fully saturated rings. The van der Waals surface area contributed by atoms with Crippen molar-refractivity contribution in [2.24, 2.45) is 5.10 Å². The van der Waals surface area contributed by atoms with Crippen molar-refractivity contribution in [3.8, 4) is 22.8 Å². The highest BCUT2D eigenvalue weighted by Crippen LogP contribution is 2.36. The monoisotopic (exact) mass is 393 g/mol. The standard InChI is InChI=1S/C21H19N3O5/c1-27-14-5-3-13(4-6-14)17-12-18(23-22-17)21-10-9-20(29-21)16-8-7-15(28-2)11-19(16)24(25)26/h3-11,18,23H,12H2,1-2H3. The molecule has 1 unspecified atom stereocenters. The topological polar surface area (TPSA) is 99.1 Å². The maximum absolute atomic E-state index is 11.4. The number of hydrogen-bond donors (Lipinski definition) is 1. The molecule has 1 aliphatic heterocycles. The molecule has 0 aliphatic carbocycles. The zero-order valence-electron chi connectivity index (χ0n) is 15.9. The van der Waals surface area contributed by atoms with Crippen molar-refractivity contribution in [3.63, 3.8) is 0 Å². The Labute approximate surface area is 166 Å². The van der Waals surface area contributed by atoms with Gasteiger partial charge >= 0.3 is 0 Å². The fourth-order valence-corrected chi connectivity index (χ4v) is 3.25. The van der Waals surface area contributed by atoms with E-state index in [4.69, 9.17) is 13.9 Å².